The van der Waals surface area contributed by atoms with E-state index in [2.05, 4.69) is 25.2 Å². The van der Waals surface area contributed by atoms with E-state index in [9.17, 15) is 13.2 Å². The molecular formula is C18H17F3N6. The highest BCUT2D eigenvalue weighted by Gasteiger charge is 2.31. The highest BCUT2D eigenvalue weighted by Crippen LogP contribution is 2.35. The monoisotopic (exact) mass is 374 g/mol. The van der Waals surface area contributed by atoms with Gasteiger partial charge in [-0.25, -0.2) is 15.0 Å². The van der Waals surface area contributed by atoms with Gasteiger partial charge in [-0.1, -0.05) is 6.07 Å². The van der Waals surface area contributed by atoms with E-state index in [1.807, 2.05) is 6.07 Å². The van der Waals surface area contributed by atoms with Crippen LogP contribution in [0.3, 0.4) is 0 Å². The number of nitrogen functional groups attached to an aromatic ring is 1. The molecular weight excluding hydrogens is 357 g/mol. The first-order chi connectivity index (χ1) is 12.9. The maximum absolute atomic E-state index is 13.0. The number of piperazine rings is 1. The van der Waals surface area contributed by atoms with E-state index in [4.69, 9.17) is 5.73 Å². The van der Waals surface area contributed by atoms with Gasteiger partial charge in [-0.2, -0.15) is 13.2 Å². The highest BCUT2D eigenvalue weighted by atomic mass is 19.4. The van der Waals surface area contributed by atoms with Crippen LogP contribution in [-0.2, 0) is 6.18 Å². The lowest BCUT2D eigenvalue weighted by Gasteiger charge is -2.29. The number of hydrogen-bond donors (Lipinski definition) is 2. The zero-order chi connectivity index (χ0) is 19.0. The van der Waals surface area contributed by atoms with Crippen molar-refractivity contribution in [1.82, 2.24) is 20.3 Å². The van der Waals surface area contributed by atoms with E-state index in [0.717, 1.165) is 49.6 Å². The van der Waals surface area contributed by atoms with Crippen LogP contribution in [0.1, 0.15) is 5.56 Å². The summed E-state index contributed by atoms with van der Waals surface area (Å²) < 4.78 is 39.0. The van der Waals surface area contributed by atoms with Crippen LogP contribution in [0.25, 0.3) is 22.0 Å². The van der Waals surface area contributed by atoms with Gasteiger partial charge in [-0.05, 0) is 23.8 Å². The first-order valence-corrected chi connectivity index (χ1v) is 8.47. The van der Waals surface area contributed by atoms with Crippen molar-refractivity contribution in [2.45, 2.75) is 6.18 Å². The topological polar surface area (TPSA) is 80.0 Å². The molecule has 3 N–H and O–H groups in total. The third-order valence-corrected chi connectivity index (χ3v) is 4.59. The summed E-state index contributed by atoms with van der Waals surface area (Å²) in [4.78, 5) is 14.6. The standard InChI is InChI=1S/C18H17F3N6/c19-18(20,21)12-8-14(16(22)24-9-12)11-1-2-13-15(7-11)25-10-26-17(13)27-5-3-23-4-6-27/h1-2,7-10,23H,3-6H2,(H2,22,24). The second-order valence-corrected chi connectivity index (χ2v) is 6.32. The van der Waals surface area contributed by atoms with E-state index in [0.29, 0.717) is 11.1 Å². The van der Waals surface area contributed by atoms with Gasteiger partial charge in [0.2, 0.25) is 0 Å². The van der Waals surface area contributed by atoms with Gasteiger partial charge >= 0.3 is 6.18 Å². The molecule has 1 aliphatic heterocycles. The van der Waals surface area contributed by atoms with Crippen molar-refractivity contribution >= 4 is 22.5 Å². The van der Waals surface area contributed by atoms with Gasteiger partial charge in [-0.15, -0.1) is 0 Å². The molecule has 0 saturated carbocycles. The normalized spacial score (nSPS) is 15.3. The summed E-state index contributed by atoms with van der Waals surface area (Å²) in [6, 6.07) is 6.28. The third kappa shape index (κ3) is 3.37. The van der Waals surface area contributed by atoms with Gasteiger partial charge in [0.05, 0.1) is 11.1 Å². The number of aromatic nitrogens is 3. The number of alkyl halides is 3. The molecule has 0 spiro atoms. The molecule has 0 aliphatic carbocycles. The minimum Gasteiger partial charge on any atom is -0.383 e. The van der Waals surface area contributed by atoms with Crippen LogP contribution in [0.15, 0.2) is 36.8 Å². The third-order valence-electron chi connectivity index (χ3n) is 4.59. The molecule has 140 valence electrons. The van der Waals surface area contributed by atoms with Crippen molar-refractivity contribution in [1.29, 1.82) is 0 Å². The Hall–Kier alpha value is -2.94. The number of rotatable bonds is 2. The average molecular weight is 374 g/mol. The predicted molar refractivity (Wildman–Crippen MR) is 97.3 cm³/mol. The van der Waals surface area contributed by atoms with Crippen LogP contribution in [-0.4, -0.2) is 41.1 Å². The van der Waals surface area contributed by atoms with Gasteiger partial charge in [0.15, 0.2) is 0 Å². The average Bonchev–Trinajstić information content (AvgIpc) is 2.67. The number of fused-ring (bicyclic) bond motifs is 1. The predicted octanol–water partition coefficient (Wildman–Crippen LogP) is 2.70. The smallest absolute Gasteiger partial charge is 0.383 e. The number of nitrogens with one attached hydrogen (secondary N) is 1. The molecule has 9 heteroatoms. The Morgan fingerprint density at radius 1 is 1.04 bits per heavy atom. The fourth-order valence-electron chi connectivity index (χ4n) is 3.20. The van der Waals surface area contributed by atoms with Crippen molar-refractivity contribution in [3.05, 3.63) is 42.4 Å². The summed E-state index contributed by atoms with van der Waals surface area (Å²) in [5, 5.41) is 4.14. The molecule has 1 saturated heterocycles. The number of halogens is 3. The maximum Gasteiger partial charge on any atom is 0.417 e. The molecule has 4 rings (SSSR count). The summed E-state index contributed by atoms with van der Waals surface area (Å²) in [5.74, 6) is 0.863. The molecule has 0 unspecified atom stereocenters. The van der Waals surface area contributed by atoms with Crippen LogP contribution in [0.4, 0.5) is 24.8 Å². The first kappa shape index (κ1) is 17.5. The summed E-state index contributed by atoms with van der Waals surface area (Å²) in [5.41, 5.74) is 6.40. The van der Waals surface area contributed by atoms with Crippen molar-refractivity contribution in [3.63, 3.8) is 0 Å². The Morgan fingerprint density at radius 2 is 1.81 bits per heavy atom. The summed E-state index contributed by atoms with van der Waals surface area (Å²) >= 11 is 0. The molecule has 6 nitrogen and oxygen atoms in total. The van der Waals surface area contributed by atoms with Crippen molar-refractivity contribution in [3.8, 4) is 11.1 Å². The fraction of sp³-hybridized carbons (Fsp3) is 0.278. The van der Waals surface area contributed by atoms with Crippen LogP contribution in [0, 0.1) is 0 Å². The quantitative estimate of drug-likeness (QED) is 0.718. The lowest BCUT2D eigenvalue weighted by molar-refractivity contribution is -0.137. The van der Waals surface area contributed by atoms with Gasteiger partial charge in [-0.3, -0.25) is 0 Å². The molecule has 0 bridgehead atoms. The van der Waals surface area contributed by atoms with Crippen LogP contribution < -0.4 is 16.0 Å². The fourth-order valence-corrected chi connectivity index (χ4v) is 3.20. The molecule has 2 aromatic heterocycles. The Balaban J connectivity index is 1.79. The van der Waals surface area contributed by atoms with Crippen molar-refractivity contribution in [2.24, 2.45) is 0 Å². The van der Waals surface area contributed by atoms with Crippen LogP contribution >= 0.6 is 0 Å². The largest absolute Gasteiger partial charge is 0.417 e. The SMILES string of the molecule is Nc1ncc(C(F)(F)F)cc1-c1ccc2c(N3CCNCC3)ncnc2c1. The molecule has 27 heavy (non-hydrogen) atoms. The lowest BCUT2D eigenvalue weighted by Crippen LogP contribution is -2.44. The molecule has 0 radical (unpaired) electrons. The highest BCUT2D eigenvalue weighted by molar-refractivity contribution is 5.93. The van der Waals surface area contributed by atoms with Crippen molar-refractivity contribution < 1.29 is 13.2 Å². The van der Waals surface area contributed by atoms with E-state index >= 15 is 0 Å². The van der Waals surface area contributed by atoms with Gasteiger partial charge < -0.3 is 16.0 Å². The van der Waals surface area contributed by atoms with Crippen molar-refractivity contribution in [2.75, 3.05) is 36.8 Å². The van der Waals surface area contributed by atoms with E-state index in [-0.39, 0.29) is 11.4 Å². The van der Waals surface area contributed by atoms with Gasteiger partial charge in [0.1, 0.15) is 18.0 Å². The van der Waals surface area contributed by atoms with Crippen LogP contribution in [0.2, 0.25) is 0 Å². The molecule has 1 fully saturated rings. The Kier molecular flexibility index (Phi) is 4.31. The van der Waals surface area contributed by atoms with Gasteiger partial charge in [0, 0.05) is 43.3 Å². The summed E-state index contributed by atoms with van der Waals surface area (Å²) in [7, 11) is 0. The number of hydrogen-bond acceptors (Lipinski definition) is 6. The zero-order valence-corrected chi connectivity index (χ0v) is 14.3. The maximum atomic E-state index is 13.0. The second kappa shape index (κ2) is 6.66. The first-order valence-electron chi connectivity index (χ1n) is 8.47. The van der Waals surface area contributed by atoms with Gasteiger partial charge in [0.25, 0.3) is 0 Å². The molecule has 1 aromatic carbocycles. The summed E-state index contributed by atoms with van der Waals surface area (Å²) in [6.07, 6.45) is -2.27. The Labute approximate surface area is 153 Å². The number of nitrogens with zero attached hydrogens (tertiary/aromatic N) is 4. The molecule has 0 atom stereocenters. The Bertz CT molecular complexity index is 982. The van der Waals surface area contributed by atoms with Crippen LogP contribution in [0.5, 0.6) is 0 Å². The Morgan fingerprint density at radius 3 is 2.56 bits per heavy atom. The minimum atomic E-state index is -4.48. The number of benzene rings is 1. The zero-order valence-electron chi connectivity index (χ0n) is 14.3. The minimum absolute atomic E-state index is 0.0405. The van der Waals surface area contributed by atoms with E-state index in [1.54, 1.807) is 12.1 Å². The molecule has 3 aromatic rings. The molecule has 3 heterocycles. The number of nitrogens with two attached hydrogens (primary N) is 1. The van der Waals surface area contributed by atoms with E-state index < -0.39 is 11.7 Å². The molecule has 1 aliphatic rings. The lowest BCUT2D eigenvalue weighted by atomic mass is 10.0. The number of pyridine rings is 1. The van der Waals surface area contributed by atoms with E-state index in [1.165, 1.54) is 6.33 Å². The summed E-state index contributed by atoms with van der Waals surface area (Å²) in [6.45, 7) is 3.41. The molecule has 0 amide bonds. The number of anilines is 2. The second-order valence-electron chi connectivity index (χ2n) is 6.32.